The van der Waals surface area contributed by atoms with E-state index in [1.165, 1.54) is 19.6 Å². The molecular formula is C24H34O7. The van der Waals surface area contributed by atoms with Gasteiger partial charge in [-0.15, -0.1) is 0 Å². The summed E-state index contributed by atoms with van der Waals surface area (Å²) in [5.41, 5.74) is 1.09. The highest BCUT2D eigenvalue weighted by atomic mass is 16.7. The Morgan fingerprint density at radius 2 is 1.90 bits per heavy atom. The van der Waals surface area contributed by atoms with Crippen molar-refractivity contribution in [2.75, 3.05) is 7.11 Å². The highest BCUT2D eigenvalue weighted by molar-refractivity contribution is 5.83. The third-order valence-electron chi connectivity index (χ3n) is 8.51. The monoisotopic (exact) mass is 434 g/mol. The fourth-order valence-corrected chi connectivity index (χ4v) is 7.19. The SMILES string of the molecule is C=C1CCCC(C)(C)[C@@H]2CC[C@@](C)([C@@H]3[C@@H]4OC(=O)[C@@H](OC(C)=O)[C@H]3[C@H](C(=O)OC)O4)[C@H]12. The minimum atomic E-state index is -1.19. The molecule has 0 aromatic heterocycles. The van der Waals surface area contributed by atoms with Crippen molar-refractivity contribution in [2.24, 2.45) is 34.5 Å². The molecule has 4 rings (SSSR count). The van der Waals surface area contributed by atoms with Crippen LogP contribution in [0.2, 0.25) is 0 Å². The van der Waals surface area contributed by atoms with Gasteiger partial charge in [-0.2, -0.15) is 0 Å². The Kier molecular flexibility index (Phi) is 5.48. The molecule has 0 aromatic rings. The molecule has 31 heavy (non-hydrogen) atoms. The molecule has 2 aliphatic carbocycles. The van der Waals surface area contributed by atoms with Crippen LogP contribution in [0.5, 0.6) is 0 Å². The van der Waals surface area contributed by atoms with Crippen LogP contribution >= 0.6 is 0 Å². The summed E-state index contributed by atoms with van der Waals surface area (Å²) >= 11 is 0. The average molecular weight is 435 g/mol. The van der Waals surface area contributed by atoms with Crippen molar-refractivity contribution in [3.63, 3.8) is 0 Å². The Bertz CT molecular complexity index is 802. The van der Waals surface area contributed by atoms with Gasteiger partial charge in [0.2, 0.25) is 12.4 Å². The summed E-state index contributed by atoms with van der Waals surface area (Å²) in [6.45, 7) is 12.6. The summed E-state index contributed by atoms with van der Waals surface area (Å²) in [5, 5.41) is 0. The number of hydrogen-bond donors (Lipinski definition) is 0. The maximum absolute atomic E-state index is 12.7. The van der Waals surface area contributed by atoms with Gasteiger partial charge in [-0.25, -0.2) is 9.59 Å². The predicted octanol–water partition coefficient (Wildman–Crippen LogP) is 3.40. The lowest BCUT2D eigenvalue weighted by molar-refractivity contribution is -0.212. The zero-order chi connectivity index (χ0) is 22.7. The molecule has 172 valence electrons. The minimum absolute atomic E-state index is 0.171. The third kappa shape index (κ3) is 3.40. The number of rotatable bonds is 3. The van der Waals surface area contributed by atoms with Crippen LogP contribution in [-0.2, 0) is 33.3 Å². The summed E-state index contributed by atoms with van der Waals surface area (Å²) < 4.78 is 22.0. The normalized spacial score (nSPS) is 43.6. The van der Waals surface area contributed by atoms with E-state index in [9.17, 15) is 14.4 Å². The van der Waals surface area contributed by atoms with Crippen molar-refractivity contribution in [1.82, 2.24) is 0 Å². The molecule has 0 unspecified atom stereocenters. The lowest BCUT2D eigenvalue weighted by Gasteiger charge is -2.47. The van der Waals surface area contributed by atoms with Crippen LogP contribution in [0.4, 0.5) is 0 Å². The Hall–Kier alpha value is -1.89. The van der Waals surface area contributed by atoms with Gasteiger partial charge in [0.25, 0.3) is 0 Å². The first-order valence-electron chi connectivity index (χ1n) is 11.3. The number of ether oxygens (including phenoxy) is 4. The van der Waals surface area contributed by atoms with Gasteiger partial charge in [-0.1, -0.05) is 32.9 Å². The van der Waals surface area contributed by atoms with E-state index >= 15 is 0 Å². The molecule has 2 saturated heterocycles. The molecule has 4 fully saturated rings. The maximum atomic E-state index is 12.7. The quantitative estimate of drug-likeness (QED) is 0.382. The molecule has 0 spiro atoms. The van der Waals surface area contributed by atoms with E-state index in [2.05, 4.69) is 27.4 Å². The number of hydrogen-bond acceptors (Lipinski definition) is 7. The van der Waals surface area contributed by atoms with Gasteiger partial charge >= 0.3 is 17.9 Å². The number of methoxy groups -OCH3 is 1. The fraction of sp³-hybridized carbons (Fsp3) is 0.792. The van der Waals surface area contributed by atoms with E-state index in [0.29, 0.717) is 5.92 Å². The molecule has 7 heteroatoms. The zero-order valence-electron chi connectivity index (χ0n) is 19.1. The van der Waals surface area contributed by atoms with Crippen molar-refractivity contribution in [2.45, 2.75) is 78.3 Å². The first-order valence-corrected chi connectivity index (χ1v) is 11.3. The van der Waals surface area contributed by atoms with Crippen LogP contribution in [0, 0.1) is 34.5 Å². The van der Waals surface area contributed by atoms with E-state index in [-0.39, 0.29) is 22.7 Å². The fourth-order valence-electron chi connectivity index (χ4n) is 7.19. The van der Waals surface area contributed by atoms with Crippen molar-refractivity contribution in [3.05, 3.63) is 12.2 Å². The van der Waals surface area contributed by atoms with Gasteiger partial charge in [0, 0.05) is 12.8 Å². The highest BCUT2D eigenvalue weighted by Gasteiger charge is 2.68. The Morgan fingerprint density at radius 3 is 2.55 bits per heavy atom. The molecule has 8 atom stereocenters. The molecule has 7 nitrogen and oxygen atoms in total. The number of carbonyl (C=O) groups is 3. The largest absolute Gasteiger partial charge is 0.467 e. The van der Waals surface area contributed by atoms with E-state index in [4.69, 9.17) is 18.9 Å². The first-order chi connectivity index (χ1) is 14.5. The molecule has 0 radical (unpaired) electrons. The van der Waals surface area contributed by atoms with Crippen molar-refractivity contribution < 1.29 is 33.3 Å². The molecule has 2 bridgehead atoms. The number of esters is 3. The second-order valence-electron chi connectivity index (χ2n) is 10.6. The predicted molar refractivity (Wildman–Crippen MR) is 110 cm³/mol. The molecule has 2 saturated carbocycles. The maximum Gasteiger partial charge on any atom is 0.350 e. The zero-order valence-corrected chi connectivity index (χ0v) is 19.1. The molecular weight excluding hydrogens is 400 g/mol. The Balaban J connectivity index is 1.78. The highest BCUT2D eigenvalue weighted by Crippen LogP contribution is 2.66. The molecule has 4 aliphatic rings. The second kappa shape index (κ2) is 7.61. The van der Waals surface area contributed by atoms with E-state index in [0.717, 1.165) is 32.1 Å². The van der Waals surface area contributed by atoms with Crippen LogP contribution < -0.4 is 0 Å². The minimum Gasteiger partial charge on any atom is -0.467 e. The van der Waals surface area contributed by atoms with Crippen LogP contribution in [0.15, 0.2) is 12.2 Å². The summed E-state index contributed by atoms with van der Waals surface area (Å²) in [5.74, 6) is -2.10. The van der Waals surface area contributed by atoms with Crippen molar-refractivity contribution in [3.8, 4) is 0 Å². The lowest BCUT2D eigenvalue weighted by atomic mass is 9.58. The van der Waals surface area contributed by atoms with Gasteiger partial charge in [-0.3, -0.25) is 4.79 Å². The third-order valence-corrected chi connectivity index (χ3v) is 8.51. The Labute approximate surface area is 183 Å². The summed E-state index contributed by atoms with van der Waals surface area (Å²) in [4.78, 5) is 37.1. The first kappa shape index (κ1) is 22.3. The second-order valence-corrected chi connectivity index (χ2v) is 10.6. The van der Waals surface area contributed by atoms with E-state index < -0.39 is 42.3 Å². The van der Waals surface area contributed by atoms with Crippen LogP contribution in [-0.4, -0.2) is 43.5 Å². The van der Waals surface area contributed by atoms with Gasteiger partial charge in [0.15, 0.2) is 6.10 Å². The van der Waals surface area contributed by atoms with E-state index in [1.807, 2.05) is 0 Å². The van der Waals surface area contributed by atoms with Crippen molar-refractivity contribution >= 4 is 17.9 Å². The molecule has 0 amide bonds. The molecule has 2 aliphatic heterocycles. The van der Waals surface area contributed by atoms with Crippen molar-refractivity contribution in [1.29, 1.82) is 0 Å². The smallest absolute Gasteiger partial charge is 0.350 e. The van der Waals surface area contributed by atoms with Crippen LogP contribution in [0.1, 0.15) is 59.8 Å². The van der Waals surface area contributed by atoms with Crippen LogP contribution in [0.3, 0.4) is 0 Å². The number of allylic oxidation sites excluding steroid dienone is 1. The van der Waals surface area contributed by atoms with E-state index in [1.54, 1.807) is 0 Å². The van der Waals surface area contributed by atoms with Crippen LogP contribution in [0.25, 0.3) is 0 Å². The topological polar surface area (TPSA) is 88.1 Å². The van der Waals surface area contributed by atoms with Gasteiger partial charge in [0.05, 0.1) is 13.0 Å². The van der Waals surface area contributed by atoms with Gasteiger partial charge < -0.3 is 18.9 Å². The lowest BCUT2D eigenvalue weighted by Crippen LogP contribution is -2.55. The van der Waals surface area contributed by atoms with Gasteiger partial charge in [-0.05, 0) is 54.8 Å². The molecule has 2 heterocycles. The molecule has 0 N–H and O–H groups in total. The summed E-state index contributed by atoms with van der Waals surface area (Å²) in [7, 11) is 1.29. The summed E-state index contributed by atoms with van der Waals surface area (Å²) in [6, 6.07) is 0. The Morgan fingerprint density at radius 1 is 1.19 bits per heavy atom. The number of carbonyl (C=O) groups excluding carboxylic acids is 3. The van der Waals surface area contributed by atoms with Gasteiger partial charge in [0.1, 0.15) is 0 Å². The number of fused-ring (bicyclic) bond motifs is 3. The molecule has 0 aromatic carbocycles. The summed E-state index contributed by atoms with van der Waals surface area (Å²) in [6.07, 6.45) is 2.11. The average Bonchev–Trinajstić information content (AvgIpc) is 3.16. The standard InChI is InChI=1S/C24H34O7/c1-12-8-7-10-23(3,4)14-9-11-24(5,16(12)14)17-15-18(20(26)28-6)30-22(17)31-21(27)19(15)29-13(2)25/h14-19,22H,1,7-11H2,2-6H3/t14-,15-,16-,17+,18-,19+,22+,24-/m1/s1.